The Morgan fingerprint density at radius 2 is 2.21 bits per heavy atom. The molecule has 1 amide bonds. The van der Waals surface area contributed by atoms with Crippen molar-refractivity contribution in [3.8, 4) is 0 Å². The van der Waals surface area contributed by atoms with E-state index in [1.807, 2.05) is 25.1 Å². The van der Waals surface area contributed by atoms with Crippen LogP contribution in [0.15, 0.2) is 29.4 Å². The van der Waals surface area contributed by atoms with Crippen LogP contribution in [-0.4, -0.2) is 33.8 Å². The van der Waals surface area contributed by atoms with E-state index < -0.39 is 5.97 Å². The fourth-order valence-corrected chi connectivity index (χ4v) is 2.25. The molecule has 1 atom stereocenters. The second-order valence-corrected chi connectivity index (χ2v) is 5.24. The smallest absolute Gasteiger partial charge is 0.303 e. The number of rotatable bonds is 8. The highest BCUT2D eigenvalue weighted by Crippen LogP contribution is 2.14. The number of hydrogen-bond acceptors (Lipinski definition) is 4. The molecule has 2 N–H and O–H groups in total. The number of pyridine rings is 1. The van der Waals surface area contributed by atoms with Gasteiger partial charge in [-0.3, -0.25) is 9.59 Å². The molecule has 1 unspecified atom stereocenters. The van der Waals surface area contributed by atoms with Gasteiger partial charge in [0.15, 0.2) is 0 Å². The number of carbonyl (C=O) groups excluding carboxylic acids is 1. The molecule has 0 aliphatic carbocycles. The van der Waals surface area contributed by atoms with Crippen LogP contribution in [0.4, 0.5) is 0 Å². The molecule has 6 heteroatoms. The summed E-state index contributed by atoms with van der Waals surface area (Å²) < 4.78 is 0. The van der Waals surface area contributed by atoms with Gasteiger partial charge in [-0.25, -0.2) is 4.98 Å². The molecule has 0 aliphatic rings. The monoisotopic (exact) mass is 282 g/mol. The number of carboxylic acid groups (broad SMARTS) is 1. The summed E-state index contributed by atoms with van der Waals surface area (Å²) in [5.41, 5.74) is 0. The molecule has 5 nitrogen and oxygen atoms in total. The third-order valence-electron chi connectivity index (χ3n) is 2.32. The van der Waals surface area contributed by atoms with Crippen LogP contribution in [0.2, 0.25) is 0 Å². The number of carbonyl (C=O) groups is 2. The standard InChI is InChI=1S/C13H18N2O3S/c1-10(9-19-12-6-2-3-8-14-12)15-11(16)5-4-7-13(17)18/h2-3,6,8,10H,4-5,7,9H2,1H3,(H,15,16)(H,17,18). The van der Waals surface area contributed by atoms with Crippen molar-refractivity contribution in [3.63, 3.8) is 0 Å². The van der Waals surface area contributed by atoms with Crippen LogP contribution in [0, 0.1) is 0 Å². The normalized spacial score (nSPS) is 11.8. The highest BCUT2D eigenvalue weighted by atomic mass is 32.2. The topological polar surface area (TPSA) is 79.3 Å². The van der Waals surface area contributed by atoms with Gasteiger partial charge in [-0.05, 0) is 25.5 Å². The second kappa shape index (κ2) is 8.53. The van der Waals surface area contributed by atoms with E-state index in [9.17, 15) is 9.59 Å². The van der Waals surface area contributed by atoms with E-state index >= 15 is 0 Å². The fourth-order valence-electron chi connectivity index (χ4n) is 1.43. The zero-order valence-corrected chi connectivity index (χ0v) is 11.7. The number of aromatic nitrogens is 1. The minimum absolute atomic E-state index is 0.0318. The third kappa shape index (κ3) is 7.46. The number of nitrogens with one attached hydrogen (secondary N) is 1. The van der Waals surface area contributed by atoms with E-state index in [0.717, 1.165) is 10.8 Å². The first-order valence-electron chi connectivity index (χ1n) is 6.13. The zero-order valence-electron chi connectivity index (χ0n) is 10.8. The number of thioether (sulfide) groups is 1. The Balaban J connectivity index is 2.18. The maximum absolute atomic E-state index is 11.5. The van der Waals surface area contributed by atoms with Gasteiger partial charge in [0.1, 0.15) is 0 Å². The van der Waals surface area contributed by atoms with Crippen LogP contribution in [0.25, 0.3) is 0 Å². The maximum Gasteiger partial charge on any atom is 0.303 e. The van der Waals surface area contributed by atoms with Crippen molar-refractivity contribution >= 4 is 23.6 Å². The SMILES string of the molecule is CC(CSc1ccccn1)NC(=O)CCCC(=O)O. The van der Waals surface area contributed by atoms with Crippen molar-refractivity contribution in [2.45, 2.75) is 37.3 Å². The molecule has 104 valence electrons. The summed E-state index contributed by atoms with van der Waals surface area (Å²) in [4.78, 5) is 26.0. The molecule has 0 aromatic carbocycles. The van der Waals surface area contributed by atoms with E-state index in [1.54, 1.807) is 18.0 Å². The number of hydrogen-bond donors (Lipinski definition) is 2. The number of nitrogens with zero attached hydrogens (tertiary/aromatic N) is 1. The average Bonchev–Trinajstić information content (AvgIpc) is 2.37. The summed E-state index contributed by atoms with van der Waals surface area (Å²) >= 11 is 1.58. The van der Waals surface area contributed by atoms with Gasteiger partial charge in [0.05, 0.1) is 5.03 Å². The summed E-state index contributed by atoms with van der Waals surface area (Å²) in [6, 6.07) is 5.73. The molecule has 0 bridgehead atoms. The highest BCUT2D eigenvalue weighted by Gasteiger charge is 2.08. The summed E-state index contributed by atoms with van der Waals surface area (Å²) in [6.07, 6.45) is 2.40. The van der Waals surface area contributed by atoms with E-state index in [0.29, 0.717) is 6.42 Å². The molecular weight excluding hydrogens is 264 g/mol. The molecule has 1 rings (SSSR count). The largest absolute Gasteiger partial charge is 0.481 e. The Kier molecular flexibility index (Phi) is 6.95. The predicted octanol–water partition coefficient (Wildman–Crippen LogP) is 1.93. The molecule has 0 saturated heterocycles. The van der Waals surface area contributed by atoms with Gasteiger partial charge in [0.25, 0.3) is 0 Å². The second-order valence-electron chi connectivity index (χ2n) is 4.19. The van der Waals surface area contributed by atoms with Crippen LogP contribution in [-0.2, 0) is 9.59 Å². The molecule has 0 saturated carbocycles. The minimum atomic E-state index is -0.869. The number of carboxylic acids is 1. The summed E-state index contributed by atoms with van der Waals surface area (Å²) in [7, 11) is 0. The molecule has 0 fully saturated rings. The van der Waals surface area contributed by atoms with E-state index in [4.69, 9.17) is 5.11 Å². The van der Waals surface area contributed by atoms with Gasteiger partial charge in [0, 0.05) is 30.8 Å². The Bertz CT molecular complexity index is 412. The van der Waals surface area contributed by atoms with Crippen LogP contribution < -0.4 is 5.32 Å². The van der Waals surface area contributed by atoms with E-state index in [-0.39, 0.29) is 24.8 Å². The van der Waals surface area contributed by atoms with Crippen molar-refractivity contribution < 1.29 is 14.7 Å². The summed E-state index contributed by atoms with van der Waals surface area (Å²) in [5, 5.41) is 12.2. The lowest BCUT2D eigenvalue weighted by molar-refractivity contribution is -0.137. The number of aliphatic carboxylic acids is 1. The van der Waals surface area contributed by atoms with Crippen LogP contribution in [0.3, 0.4) is 0 Å². The van der Waals surface area contributed by atoms with Gasteiger partial charge >= 0.3 is 5.97 Å². The van der Waals surface area contributed by atoms with E-state index in [1.165, 1.54) is 0 Å². The molecule has 0 spiro atoms. The maximum atomic E-state index is 11.5. The Labute approximate surface area is 116 Å². The van der Waals surface area contributed by atoms with Crippen LogP contribution in [0.5, 0.6) is 0 Å². The summed E-state index contributed by atoms with van der Waals surface area (Å²) in [6.45, 7) is 1.92. The molecule has 1 aromatic heterocycles. The molecule has 0 aliphatic heterocycles. The molecule has 19 heavy (non-hydrogen) atoms. The quantitative estimate of drug-likeness (QED) is 0.712. The average molecular weight is 282 g/mol. The highest BCUT2D eigenvalue weighted by molar-refractivity contribution is 7.99. The Morgan fingerprint density at radius 3 is 2.84 bits per heavy atom. The lowest BCUT2D eigenvalue weighted by atomic mass is 10.2. The predicted molar refractivity (Wildman–Crippen MR) is 74.1 cm³/mol. The van der Waals surface area contributed by atoms with Gasteiger partial charge in [-0.15, -0.1) is 11.8 Å². The van der Waals surface area contributed by atoms with Crippen molar-refractivity contribution in [1.82, 2.24) is 10.3 Å². The molecule has 1 aromatic rings. The van der Waals surface area contributed by atoms with Crippen molar-refractivity contribution in [3.05, 3.63) is 24.4 Å². The Morgan fingerprint density at radius 1 is 1.42 bits per heavy atom. The fraction of sp³-hybridized carbons (Fsp3) is 0.462. The first-order chi connectivity index (χ1) is 9.08. The van der Waals surface area contributed by atoms with Crippen LogP contribution >= 0.6 is 11.8 Å². The van der Waals surface area contributed by atoms with Gasteiger partial charge in [-0.2, -0.15) is 0 Å². The summed E-state index contributed by atoms with van der Waals surface area (Å²) in [5.74, 6) is -0.233. The van der Waals surface area contributed by atoms with Crippen molar-refractivity contribution in [2.75, 3.05) is 5.75 Å². The van der Waals surface area contributed by atoms with Crippen molar-refractivity contribution in [2.24, 2.45) is 0 Å². The lowest BCUT2D eigenvalue weighted by Gasteiger charge is -2.13. The minimum Gasteiger partial charge on any atom is -0.481 e. The first-order valence-corrected chi connectivity index (χ1v) is 7.11. The molecule has 0 radical (unpaired) electrons. The Hall–Kier alpha value is -1.56. The molecular formula is C13H18N2O3S. The number of amides is 1. The van der Waals surface area contributed by atoms with Crippen LogP contribution in [0.1, 0.15) is 26.2 Å². The van der Waals surface area contributed by atoms with Gasteiger partial charge in [-0.1, -0.05) is 6.07 Å². The lowest BCUT2D eigenvalue weighted by Crippen LogP contribution is -2.34. The third-order valence-corrected chi connectivity index (χ3v) is 3.52. The van der Waals surface area contributed by atoms with Gasteiger partial charge in [0.2, 0.25) is 5.91 Å². The van der Waals surface area contributed by atoms with E-state index in [2.05, 4.69) is 10.3 Å². The van der Waals surface area contributed by atoms with Gasteiger partial charge < -0.3 is 10.4 Å². The first kappa shape index (κ1) is 15.5. The molecule has 1 heterocycles. The zero-order chi connectivity index (χ0) is 14.1. The van der Waals surface area contributed by atoms with Crippen molar-refractivity contribution in [1.29, 1.82) is 0 Å².